The Morgan fingerprint density at radius 3 is 2.03 bits per heavy atom. The van der Waals surface area contributed by atoms with E-state index in [9.17, 15) is 14.4 Å². The summed E-state index contributed by atoms with van der Waals surface area (Å²) in [6.07, 6.45) is 0.587. The Balaban J connectivity index is 1.62. The Bertz CT molecular complexity index is 1040. The van der Waals surface area contributed by atoms with E-state index in [0.29, 0.717) is 24.2 Å². The molecule has 1 aliphatic rings. The van der Waals surface area contributed by atoms with Crippen LogP contribution in [0.4, 0.5) is 5.69 Å². The van der Waals surface area contributed by atoms with Gasteiger partial charge in [0.2, 0.25) is 5.91 Å². The molecule has 5 nitrogen and oxygen atoms in total. The number of carbonyl (C=O) groups is 3. The summed E-state index contributed by atoms with van der Waals surface area (Å²) >= 11 is 0. The maximum atomic E-state index is 13.3. The van der Waals surface area contributed by atoms with Crippen molar-refractivity contribution in [2.24, 2.45) is 0 Å². The van der Waals surface area contributed by atoms with E-state index in [-0.39, 0.29) is 24.1 Å². The number of anilines is 1. The quantitative estimate of drug-likeness (QED) is 0.595. The fraction of sp³-hybridized carbons (Fsp3) is 0.160. The van der Waals surface area contributed by atoms with Gasteiger partial charge in [0.05, 0.1) is 12.1 Å². The van der Waals surface area contributed by atoms with Crippen LogP contribution in [0.5, 0.6) is 0 Å². The summed E-state index contributed by atoms with van der Waals surface area (Å²) in [6, 6.07) is 26.7. The number of carbonyl (C=O) groups excluding carboxylic acids is 3. The van der Waals surface area contributed by atoms with E-state index >= 15 is 0 Å². The number of para-hydroxylation sites is 1. The molecule has 0 spiro atoms. The van der Waals surface area contributed by atoms with E-state index < -0.39 is 6.04 Å². The average Bonchev–Trinajstić information content (AvgIpc) is 3.09. The van der Waals surface area contributed by atoms with Crippen molar-refractivity contribution in [3.05, 3.63) is 102 Å². The molecule has 0 radical (unpaired) electrons. The van der Waals surface area contributed by atoms with Crippen LogP contribution in [0, 0.1) is 0 Å². The normalized spacial score (nSPS) is 16.0. The van der Waals surface area contributed by atoms with Crippen LogP contribution in [0.1, 0.15) is 22.3 Å². The molecule has 3 aromatic rings. The van der Waals surface area contributed by atoms with Crippen molar-refractivity contribution < 1.29 is 14.4 Å². The van der Waals surface area contributed by atoms with Crippen molar-refractivity contribution in [1.29, 1.82) is 0 Å². The largest absolute Gasteiger partial charge is 0.326 e. The number of hydrogen-bond donors (Lipinski definition) is 0. The Hall–Kier alpha value is -3.73. The zero-order valence-electron chi connectivity index (χ0n) is 16.5. The van der Waals surface area contributed by atoms with E-state index in [0.717, 1.165) is 5.56 Å². The summed E-state index contributed by atoms with van der Waals surface area (Å²) in [5, 5.41) is 0. The molecular weight excluding hydrogens is 376 g/mol. The molecule has 3 amide bonds. The number of hydrogen-bond acceptors (Lipinski definition) is 3. The maximum Gasteiger partial charge on any atom is 0.257 e. The first-order valence-corrected chi connectivity index (χ1v) is 9.97. The minimum atomic E-state index is -0.811. The first-order valence-electron chi connectivity index (χ1n) is 9.97. The van der Waals surface area contributed by atoms with Gasteiger partial charge in [0.15, 0.2) is 0 Å². The highest BCUT2D eigenvalue weighted by Crippen LogP contribution is 2.26. The maximum absolute atomic E-state index is 13.3. The molecule has 0 bridgehead atoms. The minimum Gasteiger partial charge on any atom is -0.326 e. The van der Waals surface area contributed by atoms with Crippen LogP contribution in [0.3, 0.4) is 0 Å². The molecule has 0 aromatic heterocycles. The molecule has 1 fully saturated rings. The molecule has 0 unspecified atom stereocenters. The van der Waals surface area contributed by atoms with Crippen molar-refractivity contribution in [2.75, 3.05) is 11.4 Å². The second kappa shape index (κ2) is 8.74. The highest BCUT2D eigenvalue weighted by Gasteiger charge is 2.44. The van der Waals surface area contributed by atoms with Gasteiger partial charge in [-0.2, -0.15) is 0 Å². The van der Waals surface area contributed by atoms with Gasteiger partial charge in [0, 0.05) is 12.1 Å². The molecular formula is C25H22N2O3. The van der Waals surface area contributed by atoms with Crippen molar-refractivity contribution in [3.63, 3.8) is 0 Å². The fourth-order valence-corrected chi connectivity index (χ4v) is 3.75. The third-order valence-electron chi connectivity index (χ3n) is 5.28. The van der Waals surface area contributed by atoms with Crippen molar-refractivity contribution >= 4 is 23.4 Å². The van der Waals surface area contributed by atoms with Crippen LogP contribution >= 0.6 is 0 Å². The number of amides is 3. The number of rotatable bonds is 6. The molecule has 4 rings (SSSR count). The van der Waals surface area contributed by atoms with Gasteiger partial charge in [-0.3, -0.25) is 14.4 Å². The Kier molecular flexibility index (Phi) is 5.70. The van der Waals surface area contributed by atoms with Crippen LogP contribution in [0.25, 0.3) is 0 Å². The summed E-state index contributed by atoms with van der Waals surface area (Å²) in [5.74, 6) is -0.891. The first kappa shape index (κ1) is 19.6. The van der Waals surface area contributed by atoms with Gasteiger partial charge in [-0.05, 0) is 36.2 Å². The molecule has 0 aliphatic carbocycles. The van der Waals surface area contributed by atoms with E-state index in [4.69, 9.17) is 0 Å². The lowest BCUT2D eigenvalue weighted by atomic mass is 10.1. The lowest BCUT2D eigenvalue weighted by molar-refractivity contribution is -0.122. The second-order valence-corrected chi connectivity index (χ2v) is 7.22. The average molecular weight is 398 g/mol. The standard InChI is InChI=1S/C25H22N2O3/c28-23-18-22(25(30)27(23)21-14-8-3-9-15-21)26(17-16-19-10-4-1-5-11-19)24(29)20-12-6-2-7-13-20/h1-15,22H,16-18H2/t22-/m0/s1. The molecule has 1 atom stereocenters. The van der Waals surface area contributed by atoms with Crippen LogP contribution in [-0.2, 0) is 16.0 Å². The lowest BCUT2D eigenvalue weighted by Gasteiger charge is -2.28. The highest BCUT2D eigenvalue weighted by atomic mass is 16.2. The summed E-state index contributed by atoms with van der Waals surface area (Å²) in [7, 11) is 0. The van der Waals surface area contributed by atoms with Gasteiger partial charge in [-0.1, -0.05) is 66.7 Å². The molecule has 1 aliphatic heterocycles. The third-order valence-corrected chi connectivity index (χ3v) is 5.28. The van der Waals surface area contributed by atoms with Gasteiger partial charge >= 0.3 is 0 Å². The monoisotopic (exact) mass is 398 g/mol. The van der Waals surface area contributed by atoms with E-state index in [1.165, 1.54) is 4.90 Å². The Morgan fingerprint density at radius 1 is 0.833 bits per heavy atom. The van der Waals surface area contributed by atoms with Gasteiger partial charge in [0.25, 0.3) is 11.8 Å². The lowest BCUT2D eigenvalue weighted by Crippen LogP contribution is -2.46. The van der Waals surface area contributed by atoms with Crippen LogP contribution < -0.4 is 4.90 Å². The van der Waals surface area contributed by atoms with Gasteiger partial charge in [-0.25, -0.2) is 4.90 Å². The van der Waals surface area contributed by atoms with E-state index in [1.54, 1.807) is 53.4 Å². The smallest absolute Gasteiger partial charge is 0.257 e. The van der Waals surface area contributed by atoms with Gasteiger partial charge < -0.3 is 4.90 Å². The first-order chi connectivity index (χ1) is 14.6. The van der Waals surface area contributed by atoms with E-state index in [1.807, 2.05) is 42.5 Å². The van der Waals surface area contributed by atoms with Gasteiger partial charge in [-0.15, -0.1) is 0 Å². The summed E-state index contributed by atoms with van der Waals surface area (Å²) in [6.45, 7) is 0.351. The minimum absolute atomic E-state index is 0.0128. The molecule has 1 saturated heterocycles. The third kappa shape index (κ3) is 4.01. The number of imide groups is 1. The zero-order valence-corrected chi connectivity index (χ0v) is 16.5. The van der Waals surface area contributed by atoms with Crippen LogP contribution in [-0.4, -0.2) is 35.2 Å². The predicted molar refractivity (Wildman–Crippen MR) is 115 cm³/mol. The SMILES string of the molecule is O=C1C[C@H](N(CCc2ccccc2)C(=O)c2ccccc2)C(=O)N1c1ccccc1. The van der Waals surface area contributed by atoms with Gasteiger partial charge in [0.1, 0.15) is 6.04 Å². The number of benzene rings is 3. The van der Waals surface area contributed by atoms with Crippen molar-refractivity contribution in [1.82, 2.24) is 4.90 Å². The molecule has 0 saturated carbocycles. The molecule has 5 heteroatoms. The van der Waals surface area contributed by atoms with Crippen LogP contribution in [0.2, 0.25) is 0 Å². The molecule has 30 heavy (non-hydrogen) atoms. The van der Waals surface area contributed by atoms with Crippen LogP contribution in [0.15, 0.2) is 91.0 Å². The van der Waals surface area contributed by atoms with E-state index in [2.05, 4.69) is 0 Å². The Labute approximate surface area is 175 Å². The van der Waals surface area contributed by atoms with Crippen molar-refractivity contribution in [2.45, 2.75) is 18.9 Å². The Morgan fingerprint density at radius 2 is 1.40 bits per heavy atom. The summed E-state index contributed by atoms with van der Waals surface area (Å²) in [4.78, 5) is 41.9. The molecule has 150 valence electrons. The van der Waals surface area contributed by atoms with Crippen molar-refractivity contribution in [3.8, 4) is 0 Å². The topological polar surface area (TPSA) is 57.7 Å². The summed E-state index contributed by atoms with van der Waals surface area (Å²) < 4.78 is 0. The molecule has 0 N–H and O–H groups in total. The highest BCUT2D eigenvalue weighted by molar-refractivity contribution is 6.23. The predicted octanol–water partition coefficient (Wildman–Crippen LogP) is 3.70. The zero-order chi connectivity index (χ0) is 20.9. The summed E-state index contributed by atoms with van der Waals surface area (Å²) in [5.41, 5.74) is 2.11. The fourth-order valence-electron chi connectivity index (χ4n) is 3.75. The second-order valence-electron chi connectivity index (χ2n) is 7.22. The molecule has 1 heterocycles. The number of nitrogens with zero attached hydrogens (tertiary/aromatic N) is 2. The molecule has 3 aromatic carbocycles.